The lowest BCUT2D eigenvalue weighted by molar-refractivity contribution is -0.141. The van der Waals surface area contributed by atoms with E-state index in [-0.39, 0.29) is 0 Å². The first kappa shape index (κ1) is 10.1. The second kappa shape index (κ2) is 4.00. The molecule has 1 unspecified atom stereocenters. The summed E-state index contributed by atoms with van der Waals surface area (Å²) < 4.78 is 1.59. The molecule has 5 heteroatoms. The quantitative estimate of drug-likeness (QED) is 0.812. The molecule has 0 aliphatic heterocycles. The molecule has 1 aromatic rings. The normalized spacial score (nSPS) is 17.1. The van der Waals surface area contributed by atoms with Crippen LogP contribution in [0.5, 0.6) is 0 Å². The lowest BCUT2D eigenvalue weighted by Gasteiger charge is -2.16. The standard InChI is InChI=1S/C10H15N3O2/c1-2-8(10(14)15)13-9-6-4-3-5-7(9)11-12-13/h8H,2-6H2,1H3,(H,14,15). The van der Waals surface area contributed by atoms with Crippen LogP contribution in [0.25, 0.3) is 0 Å². The third-order valence-electron chi connectivity index (χ3n) is 2.92. The summed E-state index contributed by atoms with van der Waals surface area (Å²) in [5.74, 6) is -0.823. The number of rotatable bonds is 3. The van der Waals surface area contributed by atoms with E-state index >= 15 is 0 Å². The molecule has 82 valence electrons. The molecule has 0 fully saturated rings. The van der Waals surface area contributed by atoms with Crippen molar-refractivity contribution in [2.24, 2.45) is 0 Å². The summed E-state index contributed by atoms with van der Waals surface area (Å²) in [5, 5.41) is 17.1. The van der Waals surface area contributed by atoms with Crippen molar-refractivity contribution in [3.63, 3.8) is 0 Å². The number of hydrogen-bond acceptors (Lipinski definition) is 3. The second-order valence-electron chi connectivity index (χ2n) is 3.90. The van der Waals surface area contributed by atoms with Gasteiger partial charge in [0.25, 0.3) is 0 Å². The van der Waals surface area contributed by atoms with E-state index in [0.717, 1.165) is 37.1 Å². The van der Waals surface area contributed by atoms with Gasteiger partial charge in [0.2, 0.25) is 0 Å². The summed E-state index contributed by atoms with van der Waals surface area (Å²) in [6.45, 7) is 1.86. The number of aliphatic carboxylic acids is 1. The topological polar surface area (TPSA) is 68.0 Å². The highest BCUT2D eigenvalue weighted by Crippen LogP contribution is 2.22. The maximum absolute atomic E-state index is 11.0. The fourth-order valence-electron chi connectivity index (χ4n) is 2.09. The summed E-state index contributed by atoms with van der Waals surface area (Å²) in [7, 11) is 0. The number of fused-ring (bicyclic) bond motifs is 1. The minimum atomic E-state index is -0.823. The summed E-state index contributed by atoms with van der Waals surface area (Å²) in [4.78, 5) is 11.0. The van der Waals surface area contributed by atoms with Gasteiger partial charge in [0.15, 0.2) is 6.04 Å². The van der Waals surface area contributed by atoms with Crippen molar-refractivity contribution < 1.29 is 9.90 Å². The van der Waals surface area contributed by atoms with Gasteiger partial charge in [-0.15, -0.1) is 5.10 Å². The number of carbonyl (C=O) groups is 1. The Bertz CT molecular complexity index is 373. The molecule has 1 aromatic heterocycles. The maximum Gasteiger partial charge on any atom is 0.328 e. The fraction of sp³-hybridized carbons (Fsp3) is 0.700. The van der Waals surface area contributed by atoms with Crippen molar-refractivity contribution in [1.29, 1.82) is 0 Å². The second-order valence-corrected chi connectivity index (χ2v) is 3.90. The highest BCUT2D eigenvalue weighted by molar-refractivity contribution is 5.71. The predicted octanol–water partition coefficient (Wildman–Crippen LogP) is 1.19. The van der Waals surface area contributed by atoms with Gasteiger partial charge in [-0.1, -0.05) is 12.1 Å². The molecular formula is C10H15N3O2. The Morgan fingerprint density at radius 3 is 2.93 bits per heavy atom. The number of aryl methyl sites for hydroxylation is 1. The van der Waals surface area contributed by atoms with E-state index in [2.05, 4.69) is 10.3 Å². The van der Waals surface area contributed by atoms with Gasteiger partial charge in [0, 0.05) is 0 Å². The Hall–Kier alpha value is -1.39. The third kappa shape index (κ3) is 1.73. The van der Waals surface area contributed by atoms with E-state index in [1.807, 2.05) is 6.92 Å². The van der Waals surface area contributed by atoms with Crippen LogP contribution in [-0.4, -0.2) is 26.1 Å². The van der Waals surface area contributed by atoms with E-state index in [1.54, 1.807) is 4.68 Å². The Labute approximate surface area is 88.1 Å². The zero-order valence-corrected chi connectivity index (χ0v) is 8.81. The molecule has 0 saturated heterocycles. The molecular weight excluding hydrogens is 194 g/mol. The first-order valence-corrected chi connectivity index (χ1v) is 5.39. The van der Waals surface area contributed by atoms with Crippen LogP contribution in [0.1, 0.15) is 43.6 Å². The highest BCUT2D eigenvalue weighted by Gasteiger charge is 2.25. The smallest absolute Gasteiger partial charge is 0.328 e. The van der Waals surface area contributed by atoms with Gasteiger partial charge >= 0.3 is 5.97 Å². The summed E-state index contributed by atoms with van der Waals surface area (Å²) >= 11 is 0. The summed E-state index contributed by atoms with van der Waals surface area (Å²) in [5.41, 5.74) is 2.01. The number of nitrogens with zero attached hydrogens (tertiary/aromatic N) is 3. The molecule has 15 heavy (non-hydrogen) atoms. The zero-order chi connectivity index (χ0) is 10.8. The van der Waals surface area contributed by atoms with Crippen molar-refractivity contribution in [3.05, 3.63) is 11.4 Å². The third-order valence-corrected chi connectivity index (χ3v) is 2.92. The number of hydrogen-bond donors (Lipinski definition) is 1. The molecule has 0 radical (unpaired) electrons. The van der Waals surface area contributed by atoms with E-state index in [9.17, 15) is 4.79 Å². The summed E-state index contributed by atoms with van der Waals surface area (Å²) in [6.07, 6.45) is 4.63. The number of aromatic nitrogens is 3. The molecule has 1 aliphatic carbocycles. The minimum absolute atomic E-state index is 0.547. The Kier molecular flexibility index (Phi) is 2.70. The van der Waals surface area contributed by atoms with Crippen LogP contribution in [-0.2, 0) is 17.6 Å². The molecule has 1 aliphatic rings. The molecule has 1 atom stereocenters. The van der Waals surface area contributed by atoms with Crippen LogP contribution >= 0.6 is 0 Å². The van der Waals surface area contributed by atoms with Crippen molar-refractivity contribution in [2.45, 2.75) is 45.1 Å². The Morgan fingerprint density at radius 1 is 1.53 bits per heavy atom. The summed E-state index contributed by atoms with van der Waals surface area (Å²) in [6, 6.07) is -0.556. The molecule has 5 nitrogen and oxygen atoms in total. The molecule has 1 N–H and O–H groups in total. The Balaban J connectivity index is 2.35. The average molecular weight is 209 g/mol. The van der Waals surface area contributed by atoms with E-state index in [4.69, 9.17) is 5.11 Å². The largest absolute Gasteiger partial charge is 0.480 e. The molecule has 1 heterocycles. The van der Waals surface area contributed by atoms with Gasteiger partial charge in [-0.05, 0) is 32.1 Å². The van der Waals surface area contributed by atoms with Gasteiger partial charge in [-0.3, -0.25) is 0 Å². The van der Waals surface area contributed by atoms with Crippen LogP contribution in [0.3, 0.4) is 0 Å². The van der Waals surface area contributed by atoms with E-state index in [1.165, 1.54) is 0 Å². The molecule has 0 saturated carbocycles. The SMILES string of the molecule is CCC(C(=O)O)n1nnc2c1CCCC2. The Morgan fingerprint density at radius 2 is 2.27 bits per heavy atom. The number of carboxylic acids is 1. The average Bonchev–Trinajstić information content (AvgIpc) is 2.63. The van der Waals surface area contributed by atoms with E-state index in [0.29, 0.717) is 6.42 Å². The van der Waals surface area contributed by atoms with Crippen molar-refractivity contribution in [3.8, 4) is 0 Å². The molecule has 0 amide bonds. The number of carboxylic acid groups (broad SMARTS) is 1. The maximum atomic E-state index is 11.0. The van der Waals surface area contributed by atoms with Gasteiger partial charge < -0.3 is 5.11 Å². The van der Waals surface area contributed by atoms with Gasteiger partial charge in [-0.25, -0.2) is 9.48 Å². The van der Waals surface area contributed by atoms with Gasteiger partial charge in [0.05, 0.1) is 11.4 Å². The van der Waals surface area contributed by atoms with Crippen molar-refractivity contribution in [2.75, 3.05) is 0 Å². The zero-order valence-electron chi connectivity index (χ0n) is 8.81. The van der Waals surface area contributed by atoms with Gasteiger partial charge in [0.1, 0.15) is 0 Å². The molecule has 0 aromatic carbocycles. The molecule has 0 spiro atoms. The minimum Gasteiger partial charge on any atom is -0.480 e. The lowest BCUT2D eigenvalue weighted by atomic mass is 10.0. The van der Waals surface area contributed by atoms with Crippen LogP contribution in [0, 0.1) is 0 Å². The first-order valence-electron chi connectivity index (χ1n) is 5.39. The van der Waals surface area contributed by atoms with Crippen molar-refractivity contribution in [1.82, 2.24) is 15.0 Å². The van der Waals surface area contributed by atoms with E-state index < -0.39 is 12.0 Å². The van der Waals surface area contributed by atoms with Crippen LogP contribution in [0.4, 0.5) is 0 Å². The van der Waals surface area contributed by atoms with Crippen LogP contribution in [0.2, 0.25) is 0 Å². The van der Waals surface area contributed by atoms with Crippen LogP contribution in [0.15, 0.2) is 0 Å². The fourth-order valence-corrected chi connectivity index (χ4v) is 2.09. The molecule has 0 bridgehead atoms. The van der Waals surface area contributed by atoms with Gasteiger partial charge in [-0.2, -0.15) is 0 Å². The van der Waals surface area contributed by atoms with Crippen LogP contribution < -0.4 is 0 Å². The monoisotopic (exact) mass is 209 g/mol. The first-order chi connectivity index (χ1) is 7.24. The lowest BCUT2D eigenvalue weighted by Crippen LogP contribution is -2.22. The molecule has 2 rings (SSSR count). The highest BCUT2D eigenvalue weighted by atomic mass is 16.4. The predicted molar refractivity (Wildman–Crippen MR) is 53.6 cm³/mol. The van der Waals surface area contributed by atoms with Crippen molar-refractivity contribution >= 4 is 5.97 Å².